The van der Waals surface area contributed by atoms with Crippen LogP contribution in [0.4, 0.5) is 0 Å². The van der Waals surface area contributed by atoms with Gasteiger partial charge in [-0.05, 0) is 47.0 Å². The number of rotatable bonds is 6. The summed E-state index contributed by atoms with van der Waals surface area (Å²) in [4.78, 5) is 13.4. The van der Waals surface area contributed by atoms with Gasteiger partial charge >= 0.3 is 0 Å². The Morgan fingerprint density at radius 2 is 2.05 bits per heavy atom. The lowest BCUT2D eigenvalue weighted by molar-refractivity contribution is -0.127. The minimum absolute atomic E-state index is 0.161. The van der Waals surface area contributed by atoms with Crippen LogP contribution in [0, 0.1) is 0 Å². The number of nitrogens with one attached hydrogen (secondary N) is 1. The third-order valence-corrected chi connectivity index (χ3v) is 6.18. The van der Waals surface area contributed by atoms with Crippen LogP contribution in [0.1, 0.15) is 19.3 Å². The van der Waals surface area contributed by atoms with Gasteiger partial charge in [-0.15, -0.1) is 0 Å². The van der Waals surface area contributed by atoms with Gasteiger partial charge in [0.1, 0.15) is 0 Å². The molecule has 1 heterocycles. The zero-order valence-electron chi connectivity index (χ0n) is 11.3. The van der Waals surface area contributed by atoms with Crippen molar-refractivity contribution in [2.75, 3.05) is 19.6 Å². The highest BCUT2D eigenvalue weighted by Crippen LogP contribution is 2.25. The number of hydrogen-bond acceptors (Lipinski definition) is 3. The summed E-state index contributed by atoms with van der Waals surface area (Å²) >= 11 is 6.54. The van der Waals surface area contributed by atoms with Crippen molar-refractivity contribution in [3.05, 3.63) is 27.1 Å². The molecule has 0 atom stereocenters. The molecule has 21 heavy (non-hydrogen) atoms. The van der Waals surface area contributed by atoms with E-state index in [-0.39, 0.29) is 10.8 Å². The average molecular weight is 440 g/mol. The highest BCUT2D eigenvalue weighted by Gasteiger charge is 2.20. The van der Waals surface area contributed by atoms with Crippen molar-refractivity contribution in [1.82, 2.24) is 9.62 Å². The molecule has 0 unspecified atom stereocenters. The second-order valence-electron chi connectivity index (χ2n) is 4.81. The quantitative estimate of drug-likeness (QED) is 0.692. The second-order valence-corrected chi connectivity index (χ2v) is 8.32. The van der Waals surface area contributed by atoms with Crippen LogP contribution < -0.4 is 4.72 Å². The van der Waals surface area contributed by atoms with Crippen LogP contribution >= 0.6 is 31.9 Å². The van der Waals surface area contributed by atoms with Crippen LogP contribution in [-0.2, 0) is 14.8 Å². The number of nitrogens with zero attached hydrogens (tertiary/aromatic N) is 1. The largest absolute Gasteiger partial charge is 0.343 e. The van der Waals surface area contributed by atoms with Crippen molar-refractivity contribution in [1.29, 1.82) is 0 Å². The van der Waals surface area contributed by atoms with Gasteiger partial charge in [0.25, 0.3) is 0 Å². The highest BCUT2D eigenvalue weighted by molar-refractivity contribution is 9.11. The molecule has 0 radical (unpaired) electrons. The molecule has 116 valence electrons. The lowest BCUT2D eigenvalue weighted by Crippen LogP contribution is -2.30. The molecule has 1 fully saturated rings. The molecule has 1 amide bonds. The Labute approximate surface area is 141 Å². The van der Waals surface area contributed by atoms with E-state index < -0.39 is 10.0 Å². The van der Waals surface area contributed by atoms with Gasteiger partial charge in [0, 0.05) is 35.0 Å². The van der Waals surface area contributed by atoms with Gasteiger partial charge < -0.3 is 4.90 Å². The maximum atomic E-state index is 12.2. The fourth-order valence-corrected chi connectivity index (χ4v) is 5.01. The van der Waals surface area contributed by atoms with Gasteiger partial charge in [-0.2, -0.15) is 0 Å². The van der Waals surface area contributed by atoms with E-state index in [4.69, 9.17) is 0 Å². The predicted octanol–water partition coefficient (Wildman–Crippen LogP) is 2.50. The van der Waals surface area contributed by atoms with Crippen LogP contribution in [0.3, 0.4) is 0 Å². The van der Waals surface area contributed by atoms with Gasteiger partial charge in [0.05, 0.1) is 4.90 Å². The SMILES string of the molecule is O=C1CCCN1CCCNS(=O)(=O)c1ccc(Br)cc1Br. The zero-order valence-corrected chi connectivity index (χ0v) is 15.3. The van der Waals surface area contributed by atoms with Gasteiger partial charge in [0.2, 0.25) is 15.9 Å². The molecule has 8 heteroatoms. The van der Waals surface area contributed by atoms with Crippen molar-refractivity contribution in [3.8, 4) is 0 Å². The van der Waals surface area contributed by atoms with Crippen LogP contribution in [0.15, 0.2) is 32.0 Å². The van der Waals surface area contributed by atoms with Crippen LogP contribution in [0.2, 0.25) is 0 Å². The Morgan fingerprint density at radius 3 is 2.67 bits per heavy atom. The molecule has 2 rings (SSSR count). The third-order valence-electron chi connectivity index (χ3n) is 3.25. The Morgan fingerprint density at radius 1 is 1.29 bits per heavy atom. The summed E-state index contributed by atoms with van der Waals surface area (Å²) in [5.74, 6) is 0.161. The first-order valence-corrected chi connectivity index (χ1v) is 9.69. The smallest absolute Gasteiger partial charge is 0.241 e. The molecule has 0 aromatic heterocycles. The molecule has 0 spiro atoms. The number of carbonyl (C=O) groups is 1. The van der Waals surface area contributed by atoms with E-state index in [0.717, 1.165) is 17.4 Å². The van der Waals surface area contributed by atoms with Crippen molar-refractivity contribution < 1.29 is 13.2 Å². The summed E-state index contributed by atoms with van der Waals surface area (Å²) in [5.41, 5.74) is 0. The Bertz CT molecular complexity index is 634. The molecule has 1 aromatic rings. The molecule has 1 N–H and O–H groups in total. The fourth-order valence-electron chi connectivity index (χ4n) is 2.19. The third kappa shape index (κ3) is 4.51. The number of likely N-dealkylation sites (tertiary alicyclic amines) is 1. The Balaban J connectivity index is 1.88. The van der Waals surface area contributed by atoms with Crippen molar-refractivity contribution >= 4 is 47.8 Å². The van der Waals surface area contributed by atoms with E-state index in [1.165, 1.54) is 0 Å². The second kappa shape index (κ2) is 7.21. The first-order valence-electron chi connectivity index (χ1n) is 6.62. The Kier molecular flexibility index (Phi) is 5.81. The predicted molar refractivity (Wildman–Crippen MR) is 87.5 cm³/mol. The molecule has 1 aliphatic heterocycles. The van der Waals surface area contributed by atoms with Crippen LogP contribution in [0.25, 0.3) is 0 Å². The summed E-state index contributed by atoms with van der Waals surface area (Å²) in [7, 11) is -3.54. The van der Waals surface area contributed by atoms with E-state index in [1.807, 2.05) is 0 Å². The zero-order chi connectivity index (χ0) is 15.5. The summed E-state index contributed by atoms with van der Waals surface area (Å²) < 4.78 is 28.3. The normalized spacial score (nSPS) is 15.7. The number of sulfonamides is 1. The Hall–Kier alpha value is -0.440. The fraction of sp³-hybridized carbons (Fsp3) is 0.462. The first-order chi connectivity index (χ1) is 9.90. The summed E-state index contributed by atoms with van der Waals surface area (Å²) in [6, 6.07) is 4.92. The van der Waals surface area contributed by atoms with Crippen LogP contribution in [-0.4, -0.2) is 38.9 Å². The topological polar surface area (TPSA) is 66.5 Å². The number of benzene rings is 1. The molecule has 1 saturated heterocycles. The van der Waals surface area contributed by atoms with Gasteiger partial charge in [-0.3, -0.25) is 4.79 Å². The van der Waals surface area contributed by atoms with Gasteiger partial charge in [0.15, 0.2) is 0 Å². The molecular formula is C13H16Br2N2O3S. The van der Waals surface area contributed by atoms with Crippen molar-refractivity contribution in [2.45, 2.75) is 24.2 Å². The highest BCUT2D eigenvalue weighted by atomic mass is 79.9. The lowest BCUT2D eigenvalue weighted by Gasteiger charge is -2.15. The number of amides is 1. The monoisotopic (exact) mass is 438 g/mol. The average Bonchev–Trinajstić information content (AvgIpc) is 2.80. The van der Waals surface area contributed by atoms with E-state index in [2.05, 4.69) is 36.6 Å². The van der Waals surface area contributed by atoms with Crippen molar-refractivity contribution in [2.24, 2.45) is 0 Å². The first kappa shape index (κ1) is 16.9. The van der Waals surface area contributed by atoms with E-state index in [1.54, 1.807) is 23.1 Å². The van der Waals surface area contributed by atoms with Gasteiger partial charge in [-0.1, -0.05) is 15.9 Å². The molecule has 0 saturated carbocycles. The maximum absolute atomic E-state index is 12.2. The van der Waals surface area contributed by atoms with E-state index in [9.17, 15) is 13.2 Å². The number of carbonyl (C=O) groups excluding carboxylic acids is 1. The minimum atomic E-state index is -3.54. The molecule has 5 nitrogen and oxygen atoms in total. The summed E-state index contributed by atoms with van der Waals surface area (Å²) in [6.07, 6.45) is 2.12. The lowest BCUT2D eigenvalue weighted by atomic mass is 10.4. The molecule has 0 bridgehead atoms. The standard InChI is InChI=1S/C13H16Br2N2O3S/c14-10-4-5-12(11(15)9-10)21(19,20)16-6-2-8-17-7-1-3-13(17)18/h4-5,9,16H,1-3,6-8H2. The number of halogens is 2. The van der Waals surface area contributed by atoms with E-state index >= 15 is 0 Å². The molecule has 0 aliphatic carbocycles. The molecule has 1 aliphatic rings. The summed E-state index contributed by atoms with van der Waals surface area (Å²) in [6.45, 7) is 1.70. The summed E-state index contributed by atoms with van der Waals surface area (Å²) in [5, 5.41) is 0. The minimum Gasteiger partial charge on any atom is -0.343 e. The van der Waals surface area contributed by atoms with Gasteiger partial charge in [-0.25, -0.2) is 13.1 Å². The maximum Gasteiger partial charge on any atom is 0.241 e. The number of hydrogen-bond donors (Lipinski definition) is 1. The van der Waals surface area contributed by atoms with Crippen molar-refractivity contribution in [3.63, 3.8) is 0 Å². The molecular weight excluding hydrogens is 424 g/mol. The van der Waals surface area contributed by atoms with Crippen LogP contribution in [0.5, 0.6) is 0 Å². The van der Waals surface area contributed by atoms with E-state index in [0.29, 0.717) is 30.4 Å². The molecule has 1 aromatic carbocycles.